The third kappa shape index (κ3) is 3.24. The fraction of sp³-hybridized carbons (Fsp3) is 0.950. The smallest absolute Gasteiger partial charge is 0.120 e. The van der Waals surface area contributed by atoms with Gasteiger partial charge in [0.2, 0.25) is 0 Å². The van der Waals surface area contributed by atoms with Crippen molar-refractivity contribution in [3.63, 3.8) is 0 Å². The zero-order valence-electron chi connectivity index (χ0n) is 15.5. The lowest BCUT2D eigenvalue weighted by atomic mass is 9.44. The lowest BCUT2D eigenvalue weighted by molar-refractivity contribution is -0.213. The summed E-state index contributed by atoms with van der Waals surface area (Å²) in [6, 6.07) is 0. The van der Waals surface area contributed by atoms with Crippen LogP contribution in [0.5, 0.6) is 0 Å². The van der Waals surface area contributed by atoms with Crippen LogP contribution in [0.25, 0.3) is 0 Å². The molecule has 2 rings (SSSR count). The van der Waals surface area contributed by atoms with Crippen LogP contribution >= 0.6 is 0 Å². The number of carbonyl (C=O) groups excluding carboxylic acids is 1. The van der Waals surface area contributed by atoms with Crippen molar-refractivity contribution in [2.24, 2.45) is 28.6 Å². The SMILES string of the molecule is C[C@H]1CC[C@H]2C(C)(C)CCC[C@]2(C)[C@]1(O)CC[C@H](CO)CC=O. The number of fused-ring (bicyclic) bond motifs is 1. The summed E-state index contributed by atoms with van der Waals surface area (Å²) in [7, 11) is 0. The first-order valence-corrected chi connectivity index (χ1v) is 9.48. The summed E-state index contributed by atoms with van der Waals surface area (Å²) in [4.78, 5) is 10.8. The van der Waals surface area contributed by atoms with E-state index in [9.17, 15) is 15.0 Å². The van der Waals surface area contributed by atoms with E-state index in [-0.39, 0.29) is 23.9 Å². The molecule has 134 valence electrons. The van der Waals surface area contributed by atoms with Gasteiger partial charge >= 0.3 is 0 Å². The second-order valence-corrected chi connectivity index (χ2v) is 9.20. The van der Waals surface area contributed by atoms with E-state index in [1.807, 2.05) is 0 Å². The van der Waals surface area contributed by atoms with E-state index >= 15 is 0 Å². The van der Waals surface area contributed by atoms with Crippen LogP contribution in [0, 0.1) is 28.6 Å². The molecule has 2 saturated carbocycles. The highest BCUT2D eigenvalue weighted by Crippen LogP contribution is 2.63. The van der Waals surface area contributed by atoms with Gasteiger partial charge in [0.25, 0.3) is 0 Å². The quantitative estimate of drug-likeness (QED) is 0.727. The van der Waals surface area contributed by atoms with Crippen LogP contribution in [0.2, 0.25) is 0 Å². The number of aldehydes is 1. The minimum atomic E-state index is -0.677. The molecule has 0 spiro atoms. The fourth-order valence-corrected chi connectivity index (χ4v) is 5.94. The van der Waals surface area contributed by atoms with Gasteiger partial charge in [-0.15, -0.1) is 0 Å². The first-order valence-electron chi connectivity index (χ1n) is 9.48. The molecule has 0 bridgehead atoms. The Bertz CT molecular complexity index is 419. The van der Waals surface area contributed by atoms with Crippen LogP contribution in [0.15, 0.2) is 0 Å². The van der Waals surface area contributed by atoms with Gasteiger partial charge in [0.05, 0.1) is 5.60 Å². The van der Waals surface area contributed by atoms with Crippen molar-refractivity contribution < 1.29 is 15.0 Å². The number of aliphatic hydroxyl groups is 2. The van der Waals surface area contributed by atoms with E-state index < -0.39 is 5.60 Å². The lowest BCUT2D eigenvalue weighted by Crippen LogP contribution is -2.62. The van der Waals surface area contributed by atoms with Gasteiger partial charge in [-0.05, 0) is 67.1 Å². The van der Waals surface area contributed by atoms with Crippen LogP contribution < -0.4 is 0 Å². The third-order valence-electron chi connectivity index (χ3n) is 7.54. The fourth-order valence-electron chi connectivity index (χ4n) is 5.94. The minimum absolute atomic E-state index is 0.00991. The number of hydrogen-bond acceptors (Lipinski definition) is 3. The van der Waals surface area contributed by atoms with Crippen LogP contribution in [-0.2, 0) is 4.79 Å². The largest absolute Gasteiger partial charge is 0.396 e. The molecule has 23 heavy (non-hydrogen) atoms. The first kappa shape index (κ1) is 18.9. The van der Waals surface area contributed by atoms with Crippen LogP contribution in [0.3, 0.4) is 0 Å². The zero-order valence-corrected chi connectivity index (χ0v) is 15.5. The third-order valence-corrected chi connectivity index (χ3v) is 7.54. The Morgan fingerprint density at radius 1 is 1.22 bits per heavy atom. The van der Waals surface area contributed by atoms with E-state index in [4.69, 9.17) is 0 Å². The molecule has 0 saturated heterocycles. The van der Waals surface area contributed by atoms with Crippen molar-refractivity contribution in [3.05, 3.63) is 0 Å². The van der Waals surface area contributed by atoms with Crippen molar-refractivity contribution in [2.45, 2.75) is 84.7 Å². The van der Waals surface area contributed by atoms with Crippen molar-refractivity contribution in [1.29, 1.82) is 0 Å². The van der Waals surface area contributed by atoms with Crippen LogP contribution in [0.4, 0.5) is 0 Å². The lowest BCUT2D eigenvalue weighted by Gasteiger charge is -2.63. The molecule has 2 aliphatic carbocycles. The molecule has 5 atom stereocenters. The highest BCUT2D eigenvalue weighted by Gasteiger charge is 2.60. The van der Waals surface area contributed by atoms with E-state index in [1.165, 1.54) is 19.3 Å². The molecule has 2 N–H and O–H groups in total. The standard InChI is InChI=1S/C20H36O3/c1-15-6-7-17-18(2,3)10-5-11-19(17,4)20(15,23)12-8-16(14-22)9-13-21/h13,15-17,22-23H,5-12,14H2,1-4H3/t15-,16-,17-,19-,20-/m0/s1. The zero-order chi connectivity index (χ0) is 17.3. The van der Waals surface area contributed by atoms with Crippen molar-refractivity contribution in [3.8, 4) is 0 Å². The van der Waals surface area contributed by atoms with E-state index in [0.29, 0.717) is 24.2 Å². The molecule has 2 fully saturated rings. The maximum absolute atomic E-state index is 11.8. The van der Waals surface area contributed by atoms with Gasteiger partial charge in [-0.1, -0.05) is 34.1 Å². The number of carbonyl (C=O) groups is 1. The number of rotatable bonds is 6. The molecule has 0 amide bonds. The van der Waals surface area contributed by atoms with Gasteiger partial charge < -0.3 is 15.0 Å². The topological polar surface area (TPSA) is 57.5 Å². The Hall–Kier alpha value is -0.410. The highest BCUT2D eigenvalue weighted by atomic mass is 16.3. The monoisotopic (exact) mass is 324 g/mol. The molecule has 0 aromatic heterocycles. The summed E-state index contributed by atoms with van der Waals surface area (Å²) in [5, 5.41) is 21.2. The number of aliphatic hydroxyl groups excluding tert-OH is 1. The van der Waals surface area contributed by atoms with Crippen LogP contribution in [0.1, 0.15) is 79.1 Å². The Kier molecular flexibility index (Phi) is 5.62. The molecule has 0 heterocycles. The van der Waals surface area contributed by atoms with Gasteiger partial charge in [-0.25, -0.2) is 0 Å². The van der Waals surface area contributed by atoms with Gasteiger partial charge in [0.15, 0.2) is 0 Å². The Morgan fingerprint density at radius 3 is 2.52 bits per heavy atom. The van der Waals surface area contributed by atoms with E-state index in [2.05, 4.69) is 27.7 Å². The Balaban J connectivity index is 2.23. The number of hydrogen-bond donors (Lipinski definition) is 2. The molecular formula is C20H36O3. The molecule has 0 unspecified atom stereocenters. The molecule has 0 aromatic carbocycles. The summed E-state index contributed by atoms with van der Waals surface area (Å²) in [5.41, 5.74) is -0.433. The normalized spacial score (nSPS) is 41.1. The summed E-state index contributed by atoms with van der Waals surface area (Å²) in [6.45, 7) is 9.27. The average Bonchev–Trinajstić information content (AvgIpc) is 2.48. The first-order chi connectivity index (χ1) is 10.7. The molecule has 0 radical (unpaired) electrons. The predicted molar refractivity (Wildman–Crippen MR) is 93.1 cm³/mol. The highest BCUT2D eigenvalue weighted by molar-refractivity contribution is 5.49. The maximum atomic E-state index is 11.8. The second-order valence-electron chi connectivity index (χ2n) is 9.20. The summed E-state index contributed by atoms with van der Waals surface area (Å²) >= 11 is 0. The molecule has 0 aromatic rings. The van der Waals surface area contributed by atoms with Crippen LogP contribution in [-0.4, -0.2) is 28.7 Å². The maximum Gasteiger partial charge on any atom is 0.120 e. The molecule has 3 nitrogen and oxygen atoms in total. The van der Waals surface area contributed by atoms with Gasteiger partial charge in [-0.3, -0.25) is 0 Å². The molecule has 0 aliphatic heterocycles. The van der Waals surface area contributed by atoms with Gasteiger partial charge in [0, 0.05) is 13.0 Å². The van der Waals surface area contributed by atoms with Crippen molar-refractivity contribution in [2.75, 3.05) is 6.61 Å². The van der Waals surface area contributed by atoms with Crippen molar-refractivity contribution in [1.82, 2.24) is 0 Å². The summed E-state index contributed by atoms with van der Waals surface area (Å²) in [6.07, 6.45) is 8.56. The van der Waals surface area contributed by atoms with E-state index in [1.54, 1.807) is 0 Å². The summed E-state index contributed by atoms with van der Waals surface area (Å²) in [5.74, 6) is 0.834. The second kappa shape index (κ2) is 6.84. The van der Waals surface area contributed by atoms with Gasteiger partial charge in [0.1, 0.15) is 6.29 Å². The summed E-state index contributed by atoms with van der Waals surface area (Å²) < 4.78 is 0. The van der Waals surface area contributed by atoms with Gasteiger partial charge in [-0.2, -0.15) is 0 Å². The van der Waals surface area contributed by atoms with Crippen molar-refractivity contribution >= 4 is 6.29 Å². The van der Waals surface area contributed by atoms with E-state index in [0.717, 1.165) is 25.5 Å². The average molecular weight is 325 g/mol. The molecular weight excluding hydrogens is 288 g/mol. The minimum Gasteiger partial charge on any atom is -0.396 e. The predicted octanol–water partition coefficient (Wildman–Crippen LogP) is 3.96. The Morgan fingerprint density at radius 2 is 1.91 bits per heavy atom. The molecule has 2 aliphatic rings. The molecule has 3 heteroatoms. The Labute approximate surface area is 141 Å².